The van der Waals surface area contributed by atoms with Crippen LogP contribution in [0.2, 0.25) is 5.15 Å². The van der Waals surface area contributed by atoms with E-state index in [0.717, 1.165) is 0 Å². The van der Waals surface area contributed by atoms with Crippen molar-refractivity contribution in [3.05, 3.63) is 28.5 Å². The average molecular weight is 242 g/mol. The topological polar surface area (TPSA) is 39.2 Å². The Hall–Kier alpha value is -1.18. The standard InChI is InChI=1S/C10H8ClNO2S/c1-14-10(13)8-5-7(3-2-4-15)6-12-9(8)11/h5-6,15H,4H2,1H3. The van der Waals surface area contributed by atoms with Crippen LogP contribution >= 0.6 is 24.2 Å². The summed E-state index contributed by atoms with van der Waals surface area (Å²) in [6.45, 7) is 0. The zero-order chi connectivity index (χ0) is 11.3. The smallest absolute Gasteiger partial charge is 0.341 e. The van der Waals surface area contributed by atoms with Gasteiger partial charge in [-0.25, -0.2) is 9.78 Å². The fourth-order valence-corrected chi connectivity index (χ4v) is 1.17. The first-order valence-corrected chi connectivity index (χ1v) is 5.03. The number of carbonyl (C=O) groups is 1. The second-order valence-corrected chi connectivity index (χ2v) is 3.19. The third-order valence-corrected chi connectivity index (χ3v) is 2.02. The molecule has 15 heavy (non-hydrogen) atoms. The van der Waals surface area contributed by atoms with Crippen LogP contribution in [0.3, 0.4) is 0 Å². The highest BCUT2D eigenvalue weighted by molar-refractivity contribution is 7.80. The maximum atomic E-state index is 11.3. The van der Waals surface area contributed by atoms with Crippen LogP contribution in [0.4, 0.5) is 0 Å². The van der Waals surface area contributed by atoms with E-state index in [0.29, 0.717) is 11.3 Å². The Morgan fingerprint density at radius 3 is 3.07 bits per heavy atom. The third-order valence-electron chi connectivity index (χ3n) is 1.56. The molecule has 1 aromatic rings. The number of thiol groups is 1. The Morgan fingerprint density at radius 1 is 1.73 bits per heavy atom. The SMILES string of the molecule is COC(=O)c1cc(C#CCS)cnc1Cl. The van der Waals surface area contributed by atoms with Gasteiger partial charge in [0.1, 0.15) is 5.15 Å². The van der Waals surface area contributed by atoms with Crippen LogP contribution in [0, 0.1) is 11.8 Å². The molecule has 0 fully saturated rings. The molecular weight excluding hydrogens is 234 g/mol. The van der Waals surface area contributed by atoms with Gasteiger partial charge in [0.15, 0.2) is 0 Å². The number of pyridine rings is 1. The Labute approximate surface area is 98.2 Å². The number of hydrogen-bond donors (Lipinski definition) is 1. The summed E-state index contributed by atoms with van der Waals surface area (Å²) in [6, 6.07) is 1.54. The molecular formula is C10H8ClNO2S. The summed E-state index contributed by atoms with van der Waals surface area (Å²) in [7, 11) is 1.28. The minimum absolute atomic E-state index is 0.110. The average Bonchev–Trinajstić information content (AvgIpc) is 2.27. The van der Waals surface area contributed by atoms with Crippen molar-refractivity contribution < 1.29 is 9.53 Å². The van der Waals surface area contributed by atoms with Crippen molar-refractivity contribution in [3.63, 3.8) is 0 Å². The number of esters is 1. The van der Waals surface area contributed by atoms with E-state index in [1.54, 1.807) is 0 Å². The van der Waals surface area contributed by atoms with E-state index in [2.05, 4.69) is 34.2 Å². The van der Waals surface area contributed by atoms with Crippen LogP contribution in [0.15, 0.2) is 12.3 Å². The maximum absolute atomic E-state index is 11.3. The van der Waals surface area contributed by atoms with E-state index in [4.69, 9.17) is 11.6 Å². The summed E-state index contributed by atoms with van der Waals surface area (Å²) in [5.41, 5.74) is 0.819. The Balaban J connectivity index is 3.10. The van der Waals surface area contributed by atoms with Crippen molar-refractivity contribution in [2.24, 2.45) is 0 Å². The van der Waals surface area contributed by atoms with Gasteiger partial charge in [0.05, 0.1) is 18.4 Å². The van der Waals surface area contributed by atoms with Crippen LogP contribution in [-0.4, -0.2) is 23.8 Å². The van der Waals surface area contributed by atoms with Crippen LogP contribution in [0.1, 0.15) is 15.9 Å². The predicted molar refractivity (Wildman–Crippen MR) is 61.3 cm³/mol. The van der Waals surface area contributed by atoms with Crippen molar-refractivity contribution in [2.45, 2.75) is 0 Å². The lowest BCUT2D eigenvalue weighted by molar-refractivity contribution is 0.0600. The summed E-state index contributed by atoms with van der Waals surface area (Å²) >= 11 is 9.67. The molecule has 0 N–H and O–H groups in total. The number of hydrogen-bond acceptors (Lipinski definition) is 4. The molecule has 0 aromatic carbocycles. The van der Waals surface area contributed by atoms with Crippen LogP contribution in [-0.2, 0) is 4.74 Å². The summed E-state index contributed by atoms with van der Waals surface area (Å²) < 4.78 is 4.55. The second kappa shape index (κ2) is 5.64. The fourth-order valence-electron chi connectivity index (χ4n) is 0.911. The highest BCUT2D eigenvalue weighted by Gasteiger charge is 2.11. The molecule has 1 rings (SSSR count). The van der Waals surface area contributed by atoms with Gasteiger partial charge in [0, 0.05) is 11.8 Å². The van der Waals surface area contributed by atoms with Gasteiger partial charge in [-0.15, -0.1) is 0 Å². The van der Waals surface area contributed by atoms with Crippen molar-refractivity contribution in [2.75, 3.05) is 12.9 Å². The van der Waals surface area contributed by atoms with E-state index in [9.17, 15) is 4.79 Å². The number of nitrogens with zero attached hydrogens (tertiary/aromatic N) is 1. The number of halogens is 1. The molecule has 1 aromatic heterocycles. The molecule has 1 heterocycles. The second-order valence-electron chi connectivity index (χ2n) is 2.51. The largest absolute Gasteiger partial charge is 0.465 e. The molecule has 0 aliphatic rings. The lowest BCUT2D eigenvalue weighted by Crippen LogP contribution is -2.03. The Morgan fingerprint density at radius 2 is 2.47 bits per heavy atom. The van der Waals surface area contributed by atoms with Crippen LogP contribution in [0.25, 0.3) is 0 Å². The first kappa shape index (κ1) is 11.9. The van der Waals surface area contributed by atoms with E-state index < -0.39 is 5.97 Å². The zero-order valence-corrected chi connectivity index (χ0v) is 9.60. The van der Waals surface area contributed by atoms with E-state index in [1.165, 1.54) is 19.4 Å². The molecule has 0 amide bonds. The number of methoxy groups -OCH3 is 1. The minimum atomic E-state index is -0.526. The summed E-state index contributed by atoms with van der Waals surface area (Å²) in [4.78, 5) is 15.1. The summed E-state index contributed by atoms with van der Waals surface area (Å²) in [5, 5.41) is 0.110. The molecule has 0 saturated carbocycles. The van der Waals surface area contributed by atoms with Gasteiger partial charge in [-0.3, -0.25) is 0 Å². The first-order chi connectivity index (χ1) is 7.19. The van der Waals surface area contributed by atoms with E-state index >= 15 is 0 Å². The van der Waals surface area contributed by atoms with Crippen molar-refractivity contribution in [3.8, 4) is 11.8 Å². The number of ether oxygens (including phenoxy) is 1. The molecule has 5 heteroatoms. The number of aromatic nitrogens is 1. The van der Waals surface area contributed by atoms with Gasteiger partial charge in [0.25, 0.3) is 0 Å². The normalized spacial score (nSPS) is 9.00. The first-order valence-electron chi connectivity index (χ1n) is 4.02. The van der Waals surface area contributed by atoms with E-state index in [-0.39, 0.29) is 10.7 Å². The van der Waals surface area contributed by atoms with Crippen molar-refractivity contribution in [1.82, 2.24) is 4.98 Å². The van der Waals surface area contributed by atoms with E-state index in [1.807, 2.05) is 0 Å². The molecule has 3 nitrogen and oxygen atoms in total. The fraction of sp³-hybridized carbons (Fsp3) is 0.200. The van der Waals surface area contributed by atoms with Gasteiger partial charge < -0.3 is 4.74 Å². The third kappa shape index (κ3) is 3.15. The Kier molecular flexibility index (Phi) is 4.47. The van der Waals surface area contributed by atoms with Gasteiger partial charge in [-0.05, 0) is 6.07 Å². The molecule has 0 atom stereocenters. The summed E-state index contributed by atoms with van der Waals surface area (Å²) in [6.07, 6.45) is 1.49. The molecule has 0 unspecified atom stereocenters. The van der Waals surface area contributed by atoms with Crippen LogP contribution in [0.5, 0.6) is 0 Å². The lowest BCUT2D eigenvalue weighted by atomic mass is 10.2. The molecule has 0 spiro atoms. The van der Waals surface area contributed by atoms with Crippen molar-refractivity contribution >= 4 is 30.2 Å². The zero-order valence-electron chi connectivity index (χ0n) is 7.95. The molecule has 0 bridgehead atoms. The predicted octanol–water partition coefficient (Wildman–Crippen LogP) is 1.80. The Bertz CT molecular complexity index is 437. The molecule has 0 aliphatic carbocycles. The quantitative estimate of drug-likeness (QED) is 0.353. The monoisotopic (exact) mass is 241 g/mol. The molecule has 0 radical (unpaired) electrons. The highest BCUT2D eigenvalue weighted by atomic mass is 35.5. The van der Waals surface area contributed by atoms with Gasteiger partial charge >= 0.3 is 5.97 Å². The van der Waals surface area contributed by atoms with Gasteiger partial charge in [-0.1, -0.05) is 23.4 Å². The molecule has 0 aliphatic heterocycles. The minimum Gasteiger partial charge on any atom is -0.465 e. The van der Waals surface area contributed by atoms with Crippen molar-refractivity contribution in [1.29, 1.82) is 0 Å². The molecule has 78 valence electrons. The van der Waals surface area contributed by atoms with Gasteiger partial charge in [-0.2, -0.15) is 12.6 Å². The van der Waals surface area contributed by atoms with Crippen LogP contribution < -0.4 is 0 Å². The maximum Gasteiger partial charge on any atom is 0.341 e. The highest BCUT2D eigenvalue weighted by Crippen LogP contribution is 2.14. The lowest BCUT2D eigenvalue weighted by Gasteiger charge is -2.01. The number of rotatable bonds is 1. The summed E-state index contributed by atoms with van der Waals surface area (Å²) in [5.74, 6) is 5.45. The molecule has 0 saturated heterocycles. The number of carbonyl (C=O) groups excluding carboxylic acids is 1. The van der Waals surface area contributed by atoms with Gasteiger partial charge in [0.2, 0.25) is 0 Å².